The van der Waals surface area contributed by atoms with Gasteiger partial charge in [0.05, 0.1) is 0 Å². The molecule has 0 bridgehead atoms. The van der Waals surface area contributed by atoms with Gasteiger partial charge in [0.15, 0.2) is 0 Å². The first-order valence-electron chi connectivity index (χ1n) is 2.06. The summed E-state index contributed by atoms with van der Waals surface area (Å²) in [7, 11) is 0. The fraction of sp³-hybridized carbons (Fsp3) is 0.600. The van der Waals surface area contributed by atoms with E-state index in [-0.39, 0.29) is 0 Å². The highest BCUT2D eigenvalue weighted by molar-refractivity contribution is 5.01. The summed E-state index contributed by atoms with van der Waals surface area (Å²) in [6.45, 7) is 3.76. The number of hydrogen-bond donors (Lipinski definition) is 0. The second-order valence-corrected chi connectivity index (χ2v) is 1.60. The van der Waals surface area contributed by atoms with Crippen LogP contribution in [0.4, 0.5) is 0 Å². The molecule has 0 aromatic rings. The quantitative estimate of drug-likeness (QED) is 0.379. The molecule has 5 heavy (non-hydrogen) atoms. The van der Waals surface area contributed by atoms with Gasteiger partial charge in [0.2, 0.25) is 0 Å². The first-order chi connectivity index (χ1) is 2.39. The Morgan fingerprint density at radius 1 is 1.40 bits per heavy atom. The van der Waals surface area contributed by atoms with E-state index in [0.717, 1.165) is 0 Å². The van der Waals surface area contributed by atoms with Gasteiger partial charge in [0.25, 0.3) is 0 Å². The van der Waals surface area contributed by atoms with Gasteiger partial charge >= 0.3 is 0 Å². The summed E-state index contributed by atoms with van der Waals surface area (Å²) < 4.78 is 0. The molecule has 1 fully saturated rings. The van der Waals surface area contributed by atoms with E-state index in [4.69, 9.17) is 0 Å². The lowest BCUT2D eigenvalue weighted by Crippen LogP contribution is -1.92. The summed E-state index contributed by atoms with van der Waals surface area (Å²) in [5.74, 6) is 0. The molecule has 28 valence electrons. The normalized spacial score (nSPS) is 22.0. The number of rotatable bonds is 0. The van der Waals surface area contributed by atoms with Crippen molar-refractivity contribution in [3.63, 3.8) is 0 Å². The highest BCUT2D eigenvalue weighted by Crippen LogP contribution is 2.21. The molecule has 0 aromatic carbocycles. The van der Waals surface area contributed by atoms with Crippen LogP contribution in [0, 0.1) is 0 Å². The lowest BCUT2D eigenvalue weighted by atomic mass is 9.95. The number of hydrogen-bond acceptors (Lipinski definition) is 0. The zero-order valence-electron chi connectivity index (χ0n) is 3.33. The van der Waals surface area contributed by atoms with E-state index < -0.39 is 0 Å². The maximum atomic E-state index is 3.76. The Labute approximate surface area is 32.5 Å². The average molecular weight is 68.1 g/mol. The Morgan fingerprint density at radius 3 is 1.80 bits per heavy atom. The number of allylic oxidation sites excluding steroid dienone is 1. The fourth-order valence-electron chi connectivity index (χ4n) is 0.427. The summed E-state index contributed by atoms with van der Waals surface area (Å²) in [6, 6.07) is 0. The van der Waals surface area contributed by atoms with Crippen molar-refractivity contribution < 1.29 is 0 Å². The van der Waals surface area contributed by atoms with Gasteiger partial charge in [-0.1, -0.05) is 12.2 Å². The summed E-state index contributed by atoms with van der Waals surface area (Å²) in [5.41, 5.74) is 1.44. The Bertz CT molecular complexity index is 47.1. The lowest BCUT2D eigenvalue weighted by molar-refractivity contribution is 0.667. The largest absolute Gasteiger partial charge is 0.0999 e. The molecule has 0 spiro atoms. The van der Waals surface area contributed by atoms with Crippen LogP contribution in [-0.2, 0) is 0 Å². The molecular weight excluding hydrogens is 60.1 g/mol. The van der Waals surface area contributed by atoms with Crippen LogP contribution in [-0.4, -0.2) is 0 Å². The second kappa shape index (κ2) is 0.852. The molecule has 1 rings (SSSR count). The third-order valence-electron chi connectivity index (χ3n) is 1.06. The molecule has 0 aliphatic heterocycles. The van der Waals surface area contributed by atoms with Gasteiger partial charge in [-0.3, -0.25) is 0 Å². The van der Waals surface area contributed by atoms with Crippen molar-refractivity contribution in [2.24, 2.45) is 0 Å². The van der Waals surface area contributed by atoms with E-state index in [2.05, 4.69) is 6.58 Å². The van der Waals surface area contributed by atoms with Gasteiger partial charge in [-0.25, -0.2) is 0 Å². The standard InChI is InChI=1S/C5H8/c1-5-3-2-4-5/h1-4H2. The monoisotopic (exact) mass is 68.1 g/mol. The third-order valence-corrected chi connectivity index (χ3v) is 1.06. The Balaban J connectivity index is 2.32. The van der Waals surface area contributed by atoms with Crippen LogP contribution >= 0.6 is 0 Å². The van der Waals surface area contributed by atoms with E-state index in [9.17, 15) is 0 Å². The predicted octanol–water partition coefficient (Wildman–Crippen LogP) is 1.73. The van der Waals surface area contributed by atoms with Gasteiger partial charge in [-0.05, 0) is 19.3 Å². The lowest BCUT2D eigenvalue weighted by Gasteiger charge is -2.11. The smallest absolute Gasteiger partial charge is 0.0320 e. The van der Waals surface area contributed by atoms with Crippen LogP contribution in [0.15, 0.2) is 12.2 Å². The van der Waals surface area contributed by atoms with Gasteiger partial charge < -0.3 is 0 Å². The first-order valence-corrected chi connectivity index (χ1v) is 2.06. The van der Waals surface area contributed by atoms with Gasteiger partial charge in [-0.2, -0.15) is 0 Å². The molecule has 0 nitrogen and oxygen atoms in total. The fourth-order valence-corrected chi connectivity index (χ4v) is 0.427. The molecule has 0 aromatic heterocycles. The predicted molar refractivity (Wildman–Crippen MR) is 23.0 cm³/mol. The van der Waals surface area contributed by atoms with Crippen LogP contribution < -0.4 is 0 Å². The maximum absolute atomic E-state index is 3.76. The van der Waals surface area contributed by atoms with Crippen molar-refractivity contribution in [1.82, 2.24) is 0 Å². The molecule has 0 unspecified atom stereocenters. The van der Waals surface area contributed by atoms with Crippen molar-refractivity contribution >= 4 is 0 Å². The van der Waals surface area contributed by atoms with Crippen molar-refractivity contribution in [3.8, 4) is 0 Å². The summed E-state index contributed by atoms with van der Waals surface area (Å²) in [5, 5.41) is 0. The molecule has 0 heteroatoms. The maximum Gasteiger partial charge on any atom is -0.0320 e. The molecule has 0 radical (unpaired) electrons. The highest BCUT2D eigenvalue weighted by Gasteiger charge is 2.02. The van der Waals surface area contributed by atoms with E-state index >= 15 is 0 Å². The minimum absolute atomic E-state index is 1.29. The van der Waals surface area contributed by atoms with Crippen LogP contribution in [0.3, 0.4) is 0 Å². The topological polar surface area (TPSA) is 0 Å². The van der Waals surface area contributed by atoms with Crippen LogP contribution in [0.5, 0.6) is 0 Å². The van der Waals surface area contributed by atoms with Crippen molar-refractivity contribution in [2.75, 3.05) is 0 Å². The SMILES string of the molecule is C=C1CCC1. The summed E-state index contributed by atoms with van der Waals surface area (Å²) in [6.07, 6.45) is 3.97. The molecule has 1 aliphatic rings. The molecule has 0 amide bonds. The minimum Gasteiger partial charge on any atom is -0.0999 e. The van der Waals surface area contributed by atoms with E-state index in [1.807, 2.05) is 0 Å². The van der Waals surface area contributed by atoms with Gasteiger partial charge in [0.1, 0.15) is 0 Å². The van der Waals surface area contributed by atoms with Crippen LogP contribution in [0.1, 0.15) is 19.3 Å². The summed E-state index contributed by atoms with van der Waals surface area (Å²) in [4.78, 5) is 0. The zero-order chi connectivity index (χ0) is 3.70. The van der Waals surface area contributed by atoms with Gasteiger partial charge in [-0.15, -0.1) is 0 Å². The van der Waals surface area contributed by atoms with Gasteiger partial charge in [0, 0.05) is 0 Å². The third kappa shape index (κ3) is 0.344. The molecule has 1 saturated carbocycles. The Kier molecular flexibility index (Phi) is 0.503. The minimum atomic E-state index is 1.29. The van der Waals surface area contributed by atoms with Crippen LogP contribution in [0.2, 0.25) is 0 Å². The van der Waals surface area contributed by atoms with Crippen molar-refractivity contribution in [1.29, 1.82) is 0 Å². The Morgan fingerprint density at radius 2 is 1.80 bits per heavy atom. The van der Waals surface area contributed by atoms with E-state index in [1.165, 1.54) is 24.8 Å². The van der Waals surface area contributed by atoms with E-state index in [1.54, 1.807) is 0 Å². The summed E-state index contributed by atoms with van der Waals surface area (Å²) >= 11 is 0. The van der Waals surface area contributed by atoms with Crippen molar-refractivity contribution in [2.45, 2.75) is 19.3 Å². The average Bonchev–Trinajstić information content (AvgIpc) is 1.30. The van der Waals surface area contributed by atoms with E-state index in [0.29, 0.717) is 0 Å². The zero-order valence-corrected chi connectivity index (χ0v) is 3.33. The molecule has 0 atom stereocenters. The molecular formula is C5H8. The highest BCUT2D eigenvalue weighted by atomic mass is 14.1. The first kappa shape index (κ1) is 2.95. The van der Waals surface area contributed by atoms with Crippen molar-refractivity contribution in [3.05, 3.63) is 12.2 Å². The second-order valence-electron chi connectivity index (χ2n) is 1.60. The molecule has 0 heterocycles. The Hall–Kier alpha value is -0.260. The molecule has 0 N–H and O–H groups in total. The molecule has 1 aliphatic carbocycles. The van der Waals surface area contributed by atoms with Crippen LogP contribution in [0.25, 0.3) is 0 Å². The molecule has 0 saturated heterocycles.